The Balaban J connectivity index is 2.08. The van der Waals surface area contributed by atoms with Crippen LogP contribution in [0.25, 0.3) is 11.0 Å². The van der Waals surface area contributed by atoms with Crippen LogP contribution >= 0.6 is 0 Å². The maximum Gasteiger partial charge on any atom is 0.176 e. The van der Waals surface area contributed by atoms with E-state index in [9.17, 15) is 0 Å². The van der Waals surface area contributed by atoms with E-state index in [1.807, 2.05) is 18.2 Å². The smallest absolute Gasteiger partial charge is 0.176 e. The standard InChI is InChI=1S/C15H22N2O2/c1-11(17-9-4-3-8-16)14-10-12-6-5-7-13(18-2)15(12)19-14/h5-7,10-11,17H,3-4,8-9,16H2,1-2H3. The summed E-state index contributed by atoms with van der Waals surface area (Å²) in [4.78, 5) is 0. The van der Waals surface area contributed by atoms with Crippen LogP contribution in [0.5, 0.6) is 5.75 Å². The van der Waals surface area contributed by atoms with E-state index >= 15 is 0 Å². The molecule has 1 heterocycles. The van der Waals surface area contributed by atoms with Crippen molar-refractivity contribution in [1.82, 2.24) is 5.32 Å². The van der Waals surface area contributed by atoms with Gasteiger partial charge in [-0.1, -0.05) is 12.1 Å². The molecule has 0 spiro atoms. The Morgan fingerprint density at radius 3 is 2.95 bits per heavy atom. The lowest BCUT2D eigenvalue weighted by Crippen LogP contribution is -2.20. The minimum absolute atomic E-state index is 0.190. The number of nitrogens with two attached hydrogens (primary N) is 1. The van der Waals surface area contributed by atoms with Crippen molar-refractivity contribution in [2.45, 2.75) is 25.8 Å². The van der Waals surface area contributed by atoms with Gasteiger partial charge in [-0.15, -0.1) is 0 Å². The molecule has 1 unspecified atom stereocenters. The largest absolute Gasteiger partial charge is 0.493 e. The predicted octanol–water partition coefficient (Wildman–Crippen LogP) is 2.83. The van der Waals surface area contributed by atoms with Crippen LogP contribution in [0.15, 0.2) is 28.7 Å². The van der Waals surface area contributed by atoms with E-state index in [4.69, 9.17) is 14.9 Å². The number of hydrogen-bond acceptors (Lipinski definition) is 4. The van der Waals surface area contributed by atoms with Crippen molar-refractivity contribution in [3.63, 3.8) is 0 Å². The fourth-order valence-corrected chi connectivity index (χ4v) is 2.12. The van der Waals surface area contributed by atoms with Crippen LogP contribution < -0.4 is 15.8 Å². The first-order valence-electron chi connectivity index (χ1n) is 6.76. The van der Waals surface area contributed by atoms with E-state index in [-0.39, 0.29) is 6.04 Å². The molecule has 0 radical (unpaired) electrons. The second kappa shape index (κ2) is 6.59. The maximum atomic E-state index is 5.90. The molecule has 4 heteroatoms. The van der Waals surface area contributed by atoms with Crippen molar-refractivity contribution in [2.24, 2.45) is 5.73 Å². The van der Waals surface area contributed by atoms with Gasteiger partial charge >= 0.3 is 0 Å². The lowest BCUT2D eigenvalue weighted by atomic mass is 10.2. The molecule has 1 aromatic carbocycles. The van der Waals surface area contributed by atoms with E-state index in [2.05, 4.69) is 18.3 Å². The number of unbranched alkanes of at least 4 members (excludes halogenated alkanes) is 1. The number of benzene rings is 1. The number of para-hydroxylation sites is 1. The van der Waals surface area contributed by atoms with Crippen LogP contribution in [0.4, 0.5) is 0 Å². The average Bonchev–Trinajstić information content (AvgIpc) is 2.87. The van der Waals surface area contributed by atoms with Gasteiger partial charge in [0.25, 0.3) is 0 Å². The van der Waals surface area contributed by atoms with Gasteiger partial charge in [-0.3, -0.25) is 0 Å². The number of ether oxygens (including phenoxy) is 1. The highest BCUT2D eigenvalue weighted by Crippen LogP contribution is 2.30. The molecular weight excluding hydrogens is 240 g/mol. The molecule has 0 aliphatic rings. The van der Waals surface area contributed by atoms with Crippen LogP contribution in [0, 0.1) is 0 Å². The number of hydrogen-bond donors (Lipinski definition) is 2. The molecule has 0 bridgehead atoms. The van der Waals surface area contributed by atoms with Gasteiger partial charge in [0, 0.05) is 5.39 Å². The molecule has 104 valence electrons. The number of methoxy groups -OCH3 is 1. The summed E-state index contributed by atoms with van der Waals surface area (Å²) in [6.07, 6.45) is 2.14. The van der Waals surface area contributed by atoms with Crippen LogP contribution in [0.1, 0.15) is 31.6 Å². The second-order valence-corrected chi connectivity index (χ2v) is 4.70. The van der Waals surface area contributed by atoms with E-state index < -0.39 is 0 Å². The van der Waals surface area contributed by atoms with Crippen molar-refractivity contribution in [1.29, 1.82) is 0 Å². The molecular formula is C15H22N2O2. The molecule has 0 amide bonds. The Labute approximate surface area is 113 Å². The molecule has 1 aromatic heterocycles. The van der Waals surface area contributed by atoms with E-state index in [0.717, 1.165) is 48.4 Å². The van der Waals surface area contributed by atoms with Gasteiger partial charge in [0.05, 0.1) is 13.2 Å². The van der Waals surface area contributed by atoms with Gasteiger partial charge in [-0.05, 0) is 45.0 Å². The minimum atomic E-state index is 0.190. The normalized spacial score (nSPS) is 12.8. The quantitative estimate of drug-likeness (QED) is 0.753. The van der Waals surface area contributed by atoms with E-state index in [0.29, 0.717) is 0 Å². The van der Waals surface area contributed by atoms with Crippen LogP contribution in [-0.4, -0.2) is 20.2 Å². The Hall–Kier alpha value is -1.52. The Bertz CT molecular complexity index is 522. The summed E-state index contributed by atoms with van der Waals surface area (Å²) in [5.74, 6) is 1.71. The first-order valence-corrected chi connectivity index (χ1v) is 6.76. The average molecular weight is 262 g/mol. The zero-order valence-corrected chi connectivity index (χ0v) is 11.6. The third kappa shape index (κ3) is 3.28. The van der Waals surface area contributed by atoms with Gasteiger partial charge in [-0.2, -0.15) is 0 Å². The van der Waals surface area contributed by atoms with E-state index in [1.54, 1.807) is 7.11 Å². The molecule has 0 aliphatic carbocycles. The SMILES string of the molecule is COc1cccc2cc(C(C)NCCCCN)oc12. The number of fused-ring (bicyclic) bond motifs is 1. The fourth-order valence-electron chi connectivity index (χ4n) is 2.12. The Morgan fingerprint density at radius 2 is 2.21 bits per heavy atom. The predicted molar refractivity (Wildman–Crippen MR) is 77.5 cm³/mol. The van der Waals surface area contributed by atoms with Gasteiger partial charge in [-0.25, -0.2) is 0 Å². The molecule has 4 nitrogen and oxygen atoms in total. The fraction of sp³-hybridized carbons (Fsp3) is 0.467. The number of rotatable bonds is 7. The van der Waals surface area contributed by atoms with Crippen molar-refractivity contribution in [3.05, 3.63) is 30.0 Å². The molecule has 3 N–H and O–H groups in total. The summed E-state index contributed by atoms with van der Waals surface area (Å²) < 4.78 is 11.2. The Kier molecular flexibility index (Phi) is 4.82. The zero-order valence-electron chi connectivity index (χ0n) is 11.6. The summed E-state index contributed by atoms with van der Waals surface area (Å²) >= 11 is 0. The van der Waals surface area contributed by atoms with Crippen LogP contribution in [0.3, 0.4) is 0 Å². The first-order chi connectivity index (χ1) is 9.26. The number of furan rings is 1. The highest BCUT2D eigenvalue weighted by Gasteiger charge is 2.13. The van der Waals surface area contributed by atoms with Gasteiger partial charge in [0.1, 0.15) is 5.76 Å². The van der Waals surface area contributed by atoms with Crippen LogP contribution in [0.2, 0.25) is 0 Å². The van der Waals surface area contributed by atoms with Crippen LogP contribution in [-0.2, 0) is 0 Å². The molecule has 2 rings (SSSR count). The lowest BCUT2D eigenvalue weighted by Gasteiger charge is -2.10. The summed E-state index contributed by atoms with van der Waals surface area (Å²) in [5, 5.41) is 4.52. The summed E-state index contributed by atoms with van der Waals surface area (Å²) in [7, 11) is 1.66. The third-order valence-corrected chi connectivity index (χ3v) is 3.26. The molecule has 1 atom stereocenters. The topological polar surface area (TPSA) is 60.4 Å². The monoisotopic (exact) mass is 262 g/mol. The highest BCUT2D eigenvalue weighted by molar-refractivity contribution is 5.83. The molecule has 0 saturated carbocycles. The molecule has 0 fully saturated rings. The summed E-state index contributed by atoms with van der Waals surface area (Å²) in [6, 6.07) is 8.18. The van der Waals surface area contributed by atoms with Gasteiger partial charge < -0.3 is 20.2 Å². The first kappa shape index (κ1) is 13.9. The highest BCUT2D eigenvalue weighted by atomic mass is 16.5. The summed E-state index contributed by atoms with van der Waals surface area (Å²) in [6.45, 7) is 3.80. The van der Waals surface area contributed by atoms with Crippen molar-refractivity contribution in [2.75, 3.05) is 20.2 Å². The molecule has 0 aliphatic heterocycles. The van der Waals surface area contributed by atoms with E-state index in [1.165, 1.54) is 0 Å². The molecule has 0 saturated heterocycles. The van der Waals surface area contributed by atoms with Gasteiger partial charge in [0.2, 0.25) is 0 Å². The van der Waals surface area contributed by atoms with Crippen molar-refractivity contribution < 1.29 is 9.15 Å². The Morgan fingerprint density at radius 1 is 1.37 bits per heavy atom. The van der Waals surface area contributed by atoms with Crippen molar-refractivity contribution >= 4 is 11.0 Å². The lowest BCUT2D eigenvalue weighted by molar-refractivity contribution is 0.399. The maximum absolute atomic E-state index is 5.90. The summed E-state index contributed by atoms with van der Waals surface area (Å²) in [5.41, 5.74) is 6.29. The zero-order chi connectivity index (χ0) is 13.7. The van der Waals surface area contributed by atoms with Crippen molar-refractivity contribution in [3.8, 4) is 5.75 Å². The number of nitrogens with one attached hydrogen (secondary N) is 1. The molecule has 19 heavy (non-hydrogen) atoms. The minimum Gasteiger partial charge on any atom is -0.493 e. The third-order valence-electron chi connectivity index (χ3n) is 3.26. The van der Waals surface area contributed by atoms with Gasteiger partial charge in [0.15, 0.2) is 11.3 Å². The second-order valence-electron chi connectivity index (χ2n) is 4.70. The molecule has 2 aromatic rings.